The van der Waals surface area contributed by atoms with E-state index in [9.17, 15) is 9.59 Å². The molecule has 0 aromatic heterocycles. The van der Waals surface area contributed by atoms with Crippen LogP contribution in [0.3, 0.4) is 0 Å². The molecule has 0 amide bonds. The van der Waals surface area contributed by atoms with Crippen molar-refractivity contribution in [3.63, 3.8) is 0 Å². The molecule has 17 heavy (non-hydrogen) atoms. The molecule has 0 bridgehead atoms. The number of esters is 1. The molecule has 1 aromatic carbocycles. The van der Waals surface area contributed by atoms with Gasteiger partial charge in [0.2, 0.25) is 0 Å². The van der Waals surface area contributed by atoms with Gasteiger partial charge in [0.25, 0.3) is 0 Å². The fourth-order valence-electron chi connectivity index (χ4n) is 1.61. The monoisotopic (exact) mass is 236 g/mol. The third-order valence-corrected chi connectivity index (χ3v) is 2.69. The Labute approximate surface area is 100 Å². The van der Waals surface area contributed by atoms with E-state index in [0.29, 0.717) is 0 Å². The van der Waals surface area contributed by atoms with E-state index in [1.807, 2.05) is 30.3 Å². The number of carbonyl (C=O) groups is 2. The number of carbonyl (C=O) groups excluding carboxylic acids is 1. The second-order valence-electron chi connectivity index (χ2n) is 3.95. The van der Waals surface area contributed by atoms with Crippen molar-refractivity contribution in [3.8, 4) is 0 Å². The van der Waals surface area contributed by atoms with Gasteiger partial charge < -0.3 is 9.84 Å². The standard InChI is InChI=1S/C13H16O4/c1-9(13(15)16)12(8-17-10(2)14)11-6-4-3-5-7-11/h3-7,9,12H,8H2,1-2H3,(H,15,16). The molecule has 0 spiro atoms. The maximum atomic E-state index is 11.0. The summed E-state index contributed by atoms with van der Waals surface area (Å²) >= 11 is 0. The van der Waals surface area contributed by atoms with Crippen LogP contribution in [0.2, 0.25) is 0 Å². The largest absolute Gasteiger partial charge is 0.481 e. The third-order valence-electron chi connectivity index (χ3n) is 2.69. The Balaban J connectivity index is 2.86. The first-order chi connectivity index (χ1) is 8.02. The maximum Gasteiger partial charge on any atom is 0.306 e. The summed E-state index contributed by atoms with van der Waals surface area (Å²) < 4.78 is 4.93. The van der Waals surface area contributed by atoms with Crippen LogP contribution in [-0.4, -0.2) is 23.7 Å². The second-order valence-corrected chi connectivity index (χ2v) is 3.95. The number of ether oxygens (including phenoxy) is 1. The van der Waals surface area contributed by atoms with Crippen LogP contribution in [-0.2, 0) is 14.3 Å². The zero-order valence-electron chi connectivity index (χ0n) is 9.92. The first kappa shape index (κ1) is 13.2. The fraction of sp³-hybridized carbons (Fsp3) is 0.385. The summed E-state index contributed by atoms with van der Waals surface area (Å²) in [5.74, 6) is -2.22. The van der Waals surface area contributed by atoms with Gasteiger partial charge in [0.1, 0.15) is 0 Å². The summed E-state index contributed by atoms with van der Waals surface area (Å²) in [6.45, 7) is 3.02. The number of aliphatic carboxylic acids is 1. The summed E-state index contributed by atoms with van der Waals surface area (Å²) in [5, 5.41) is 9.04. The average molecular weight is 236 g/mol. The predicted molar refractivity (Wildman–Crippen MR) is 62.6 cm³/mol. The molecule has 0 aliphatic heterocycles. The van der Waals surface area contributed by atoms with Crippen molar-refractivity contribution >= 4 is 11.9 Å². The number of carboxylic acid groups (broad SMARTS) is 1. The van der Waals surface area contributed by atoms with Crippen LogP contribution >= 0.6 is 0 Å². The summed E-state index contributed by atoms with van der Waals surface area (Å²) in [6, 6.07) is 9.22. The number of hydrogen-bond acceptors (Lipinski definition) is 3. The average Bonchev–Trinajstić information content (AvgIpc) is 2.30. The molecule has 0 aliphatic rings. The van der Waals surface area contributed by atoms with Crippen LogP contribution in [0.1, 0.15) is 25.3 Å². The van der Waals surface area contributed by atoms with E-state index >= 15 is 0 Å². The highest BCUT2D eigenvalue weighted by Crippen LogP contribution is 2.25. The Morgan fingerprint density at radius 3 is 2.35 bits per heavy atom. The lowest BCUT2D eigenvalue weighted by atomic mass is 9.88. The molecule has 92 valence electrons. The lowest BCUT2D eigenvalue weighted by Crippen LogP contribution is -2.24. The van der Waals surface area contributed by atoms with Crippen molar-refractivity contribution in [1.29, 1.82) is 0 Å². The summed E-state index contributed by atoms with van der Waals surface area (Å²) in [4.78, 5) is 21.8. The van der Waals surface area contributed by atoms with E-state index < -0.39 is 17.9 Å². The third kappa shape index (κ3) is 3.90. The molecule has 0 aliphatic carbocycles. The van der Waals surface area contributed by atoms with Gasteiger partial charge in [-0.25, -0.2) is 0 Å². The molecule has 4 nitrogen and oxygen atoms in total. The summed E-state index contributed by atoms with van der Waals surface area (Å²) in [5.41, 5.74) is 0.864. The minimum atomic E-state index is -0.897. The van der Waals surface area contributed by atoms with Crippen LogP contribution in [0.15, 0.2) is 30.3 Å². The number of rotatable bonds is 5. The van der Waals surface area contributed by atoms with E-state index in [0.717, 1.165) is 5.56 Å². The molecule has 2 atom stereocenters. The molecular weight excluding hydrogens is 220 g/mol. The zero-order valence-corrected chi connectivity index (χ0v) is 9.92. The maximum absolute atomic E-state index is 11.0. The molecular formula is C13H16O4. The van der Waals surface area contributed by atoms with Gasteiger partial charge >= 0.3 is 11.9 Å². The van der Waals surface area contributed by atoms with Gasteiger partial charge in [-0.3, -0.25) is 9.59 Å². The van der Waals surface area contributed by atoms with Gasteiger partial charge in [-0.1, -0.05) is 37.3 Å². The molecule has 0 fully saturated rings. The van der Waals surface area contributed by atoms with Gasteiger partial charge in [0.05, 0.1) is 12.5 Å². The first-order valence-corrected chi connectivity index (χ1v) is 5.43. The Kier molecular flexibility index (Phi) is 4.69. The van der Waals surface area contributed by atoms with Gasteiger partial charge in [-0.2, -0.15) is 0 Å². The van der Waals surface area contributed by atoms with Crippen LogP contribution in [0.5, 0.6) is 0 Å². The predicted octanol–water partition coefficient (Wildman–Crippen LogP) is 2.05. The summed E-state index contributed by atoms with van der Waals surface area (Å²) in [7, 11) is 0. The molecule has 0 radical (unpaired) electrons. The van der Waals surface area contributed by atoms with Gasteiger partial charge in [-0.15, -0.1) is 0 Å². The van der Waals surface area contributed by atoms with Crippen molar-refractivity contribution in [2.45, 2.75) is 19.8 Å². The molecule has 2 unspecified atom stereocenters. The van der Waals surface area contributed by atoms with Crippen molar-refractivity contribution in [2.24, 2.45) is 5.92 Å². The smallest absolute Gasteiger partial charge is 0.306 e. The first-order valence-electron chi connectivity index (χ1n) is 5.43. The molecule has 0 heterocycles. The quantitative estimate of drug-likeness (QED) is 0.795. The minimum Gasteiger partial charge on any atom is -0.481 e. The topological polar surface area (TPSA) is 63.6 Å². The second kappa shape index (κ2) is 6.03. The SMILES string of the molecule is CC(=O)OCC(c1ccccc1)C(C)C(=O)O. The Bertz CT molecular complexity index is 386. The molecule has 1 rings (SSSR count). The Morgan fingerprint density at radius 2 is 1.88 bits per heavy atom. The van der Waals surface area contributed by atoms with E-state index in [4.69, 9.17) is 9.84 Å². The Morgan fingerprint density at radius 1 is 1.29 bits per heavy atom. The zero-order chi connectivity index (χ0) is 12.8. The highest BCUT2D eigenvalue weighted by atomic mass is 16.5. The van der Waals surface area contributed by atoms with Crippen LogP contribution in [0.4, 0.5) is 0 Å². The van der Waals surface area contributed by atoms with Gasteiger partial charge in [-0.05, 0) is 5.56 Å². The van der Waals surface area contributed by atoms with E-state index in [2.05, 4.69) is 0 Å². The van der Waals surface area contributed by atoms with Crippen molar-refractivity contribution in [1.82, 2.24) is 0 Å². The molecule has 4 heteroatoms. The number of benzene rings is 1. The lowest BCUT2D eigenvalue weighted by Gasteiger charge is -2.20. The van der Waals surface area contributed by atoms with Crippen LogP contribution < -0.4 is 0 Å². The van der Waals surface area contributed by atoms with Crippen LogP contribution in [0.25, 0.3) is 0 Å². The van der Waals surface area contributed by atoms with E-state index in [1.54, 1.807) is 6.92 Å². The van der Waals surface area contributed by atoms with E-state index in [1.165, 1.54) is 6.92 Å². The molecule has 1 N–H and O–H groups in total. The van der Waals surface area contributed by atoms with Crippen molar-refractivity contribution in [2.75, 3.05) is 6.61 Å². The van der Waals surface area contributed by atoms with Gasteiger partial charge in [0, 0.05) is 12.8 Å². The highest BCUT2D eigenvalue weighted by Gasteiger charge is 2.26. The fourth-order valence-corrected chi connectivity index (χ4v) is 1.61. The molecule has 1 aromatic rings. The van der Waals surface area contributed by atoms with Crippen molar-refractivity contribution < 1.29 is 19.4 Å². The summed E-state index contributed by atoms with van der Waals surface area (Å²) in [6.07, 6.45) is 0. The normalized spacial score (nSPS) is 13.8. The number of carboxylic acids is 1. The van der Waals surface area contributed by atoms with Crippen molar-refractivity contribution in [3.05, 3.63) is 35.9 Å². The molecule has 0 saturated heterocycles. The van der Waals surface area contributed by atoms with Crippen LogP contribution in [0, 0.1) is 5.92 Å². The van der Waals surface area contributed by atoms with E-state index in [-0.39, 0.29) is 12.5 Å². The highest BCUT2D eigenvalue weighted by molar-refractivity contribution is 5.71. The van der Waals surface area contributed by atoms with Gasteiger partial charge in [0.15, 0.2) is 0 Å². The lowest BCUT2D eigenvalue weighted by molar-refractivity contribution is -0.147. The number of hydrogen-bond donors (Lipinski definition) is 1. The minimum absolute atomic E-state index is 0.0901. The Hall–Kier alpha value is -1.84. The molecule has 0 saturated carbocycles.